The van der Waals surface area contributed by atoms with E-state index in [4.69, 9.17) is 14.5 Å². The fourth-order valence-corrected chi connectivity index (χ4v) is 3.61. The van der Waals surface area contributed by atoms with Crippen molar-refractivity contribution in [1.82, 2.24) is 9.55 Å². The minimum Gasteiger partial charge on any atom is -0.497 e. The molecule has 0 amide bonds. The smallest absolute Gasteiger partial charge is 0.338 e. The number of nitrogens with zero attached hydrogens (tertiary/aromatic N) is 2. The molecule has 5 heteroatoms. The maximum absolute atomic E-state index is 12.2. The first kappa shape index (κ1) is 20.9. The SMILES string of the molecule is CCCCOC(=O)c1ccc(C(CCC)c2nc3cc(OC)ccc3n2C)cc1. The van der Waals surface area contributed by atoms with Crippen LogP contribution in [0.25, 0.3) is 11.0 Å². The summed E-state index contributed by atoms with van der Waals surface area (Å²) >= 11 is 0. The number of fused-ring (bicyclic) bond motifs is 1. The molecule has 0 aliphatic heterocycles. The molecule has 0 spiro atoms. The molecule has 3 rings (SSSR count). The summed E-state index contributed by atoms with van der Waals surface area (Å²) in [5, 5.41) is 0. The van der Waals surface area contributed by atoms with Crippen molar-refractivity contribution in [1.29, 1.82) is 0 Å². The Kier molecular flexibility index (Phi) is 6.91. The molecule has 2 aromatic carbocycles. The third-order valence-corrected chi connectivity index (χ3v) is 5.29. The van der Waals surface area contributed by atoms with Crippen LogP contribution in [0.15, 0.2) is 42.5 Å². The fourth-order valence-electron chi connectivity index (χ4n) is 3.61. The third-order valence-electron chi connectivity index (χ3n) is 5.29. The van der Waals surface area contributed by atoms with Gasteiger partial charge in [-0.15, -0.1) is 0 Å². The van der Waals surface area contributed by atoms with Gasteiger partial charge in [-0.1, -0.05) is 38.8 Å². The second-order valence-electron chi connectivity index (χ2n) is 7.34. The van der Waals surface area contributed by atoms with Crippen molar-refractivity contribution in [2.45, 2.75) is 45.4 Å². The molecule has 0 fully saturated rings. The summed E-state index contributed by atoms with van der Waals surface area (Å²) in [4.78, 5) is 17.1. The Labute approximate surface area is 172 Å². The highest BCUT2D eigenvalue weighted by Gasteiger charge is 2.21. The summed E-state index contributed by atoms with van der Waals surface area (Å²) in [6.45, 7) is 4.73. The van der Waals surface area contributed by atoms with Crippen LogP contribution in [-0.2, 0) is 11.8 Å². The topological polar surface area (TPSA) is 53.4 Å². The van der Waals surface area contributed by atoms with E-state index in [2.05, 4.69) is 25.5 Å². The van der Waals surface area contributed by atoms with Crippen molar-refractivity contribution in [3.63, 3.8) is 0 Å². The van der Waals surface area contributed by atoms with Crippen molar-refractivity contribution < 1.29 is 14.3 Å². The second kappa shape index (κ2) is 9.59. The van der Waals surface area contributed by atoms with E-state index in [1.165, 1.54) is 0 Å². The van der Waals surface area contributed by atoms with E-state index >= 15 is 0 Å². The molecule has 0 aliphatic rings. The van der Waals surface area contributed by atoms with Crippen molar-refractivity contribution >= 4 is 17.0 Å². The number of imidazole rings is 1. The zero-order chi connectivity index (χ0) is 20.8. The van der Waals surface area contributed by atoms with E-state index in [-0.39, 0.29) is 11.9 Å². The van der Waals surface area contributed by atoms with E-state index in [0.29, 0.717) is 12.2 Å². The van der Waals surface area contributed by atoms with Gasteiger partial charge in [0.1, 0.15) is 11.6 Å². The van der Waals surface area contributed by atoms with Gasteiger partial charge in [0.05, 0.1) is 30.3 Å². The van der Waals surface area contributed by atoms with E-state index in [1.807, 2.05) is 42.5 Å². The molecular weight excluding hydrogens is 364 g/mol. The zero-order valence-electron chi connectivity index (χ0n) is 17.8. The summed E-state index contributed by atoms with van der Waals surface area (Å²) in [6, 6.07) is 13.7. The van der Waals surface area contributed by atoms with Gasteiger partial charge in [-0.05, 0) is 42.7 Å². The lowest BCUT2D eigenvalue weighted by molar-refractivity contribution is 0.0499. The van der Waals surface area contributed by atoms with Crippen LogP contribution in [0.3, 0.4) is 0 Å². The van der Waals surface area contributed by atoms with E-state index in [0.717, 1.165) is 53.9 Å². The van der Waals surface area contributed by atoms with E-state index < -0.39 is 0 Å². The lowest BCUT2D eigenvalue weighted by Crippen LogP contribution is -2.10. The van der Waals surface area contributed by atoms with Gasteiger partial charge in [0.25, 0.3) is 0 Å². The van der Waals surface area contributed by atoms with Gasteiger partial charge in [0.2, 0.25) is 0 Å². The van der Waals surface area contributed by atoms with Crippen molar-refractivity contribution in [3.05, 3.63) is 59.4 Å². The molecular formula is C24H30N2O3. The normalized spacial score (nSPS) is 12.1. The van der Waals surface area contributed by atoms with Crippen LogP contribution in [0, 0.1) is 0 Å². The highest BCUT2D eigenvalue weighted by molar-refractivity contribution is 5.89. The average molecular weight is 395 g/mol. The molecule has 0 N–H and O–H groups in total. The average Bonchev–Trinajstić information content (AvgIpc) is 3.07. The van der Waals surface area contributed by atoms with E-state index in [1.54, 1.807) is 7.11 Å². The predicted molar refractivity (Wildman–Crippen MR) is 116 cm³/mol. The number of esters is 1. The summed E-state index contributed by atoms with van der Waals surface area (Å²) in [6.07, 6.45) is 3.92. The molecule has 1 atom stereocenters. The van der Waals surface area contributed by atoms with Crippen LogP contribution >= 0.6 is 0 Å². The monoisotopic (exact) mass is 394 g/mol. The Bertz CT molecular complexity index is 960. The van der Waals surface area contributed by atoms with Crippen molar-refractivity contribution in [3.8, 4) is 5.75 Å². The molecule has 1 heterocycles. The minimum absolute atomic E-state index is 0.161. The first-order chi connectivity index (χ1) is 14.1. The number of benzene rings is 2. The molecule has 29 heavy (non-hydrogen) atoms. The summed E-state index contributed by atoms with van der Waals surface area (Å²) in [5.74, 6) is 1.73. The Morgan fingerprint density at radius 2 is 1.86 bits per heavy atom. The molecule has 0 saturated carbocycles. The van der Waals surface area contributed by atoms with Crippen LogP contribution < -0.4 is 4.74 Å². The van der Waals surface area contributed by atoms with Crippen molar-refractivity contribution in [2.75, 3.05) is 13.7 Å². The quantitative estimate of drug-likeness (QED) is 0.357. The molecule has 0 radical (unpaired) electrons. The fraction of sp³-hybridized carbons (Fsp3) is 0.417. The maximum Gasteiger partial charge on any atom is 0.338 e. The van der Waals surface area contributed by atoms with Gasteiger partial charge in [-0.2, -0.15) is 0 Å². The third kappa shape index (κ3) is 4.61. The number of ether oxygens (including phenoxy) is 2. The lowest BCUT2D eigenvalue weighted by atomic mass is 9.93. The number of unbranched alkanes of at least 4 members (excludes halogenated alkanes) is 1. The Morgan fingerprint density at radius 3 is 2.52 bits per heavy atom. The molecule has 0 saturated heterocycles. The number of hydrogen-bond donors (Lipinski definition) is 0. The molecule has 1 unspecified atom stereocenters. The van der Waals surface area contributed by atoms with Crippen LogP contribution in [-0.4, -0.2) is 29.2 Å². The highest BCUT2D eigenvalue weighted by atomic mass is 16.5. The molecule has 0 aliphatic carbocycles. The number of aromatic nitrogens is 2. The second-order valence-corrected chi connectivity index (χ2v) is 7.34. The van der Waals surface area contributed by atoms with Crippen molar-refractivity contribution in [2.24, 2.45) is 7.05 Å². The van der Waals surface area contributed by atoms with Gasteiger partial charge < -0.3 is 14.0 Å². The van der Waals surface area contributed by atoms with Crippen LogP contribution in [0.5, 0.6) is 5.75 Å². The first-order valence-electron chi connectivity index (χ1n) is 10.4. The Hall–Kier alpha value is -2.82. The van der Waals surface area contributed by atoms with Crippen LogP contribution in [0.4, 0.5) is 0 Å². The molecule has 5 nitrogen and oxygen atoms in total. The number of carbonyl (C=O) groups is 1. The number of hydrogen-bond acceptors (Lipinski definition) is 4. The molecule has 3 aromatic rings. The number of rotatable bonds is 9. The molecule has 1 aromatic heterocycles. The summed E-state index contributed by atoms with van der Waals surface area (Å²) in [7, 11) is 3.72. The summed E-state index contributed by atoms with van der Waals surface area (Å²) < 4.78 is 12.8. The first-order valence-corrected chi connectivity index (χ1v) is 10.4. The standard InChI is InChI=1S/C24H30N2O3/c1-5-7-15-29-24(27)18-11-9-17(10-12-18)20(8-6-2)23-25-21-16-19(28-4)13-14-22(21)26(23)3/h9-14,16,20H,5-8,15H2,1-4H3. The number of aryl methyl sites for hydroxylation is 1. The summed E-state index contributed by atoms with van der Waals surface area (Å²) in [5.41, 5.74) is 3.76. The van der Waals surface area contributed by atoms with Crippen LogP contribution in [0.1, 0.15) is 67.2 Å². The van der Waals surface area contributed by atoms with Gasteiger partial charge in [0.15, 0.2) is 0 Å². The zero-order valence-corrected chi connectivity index (χ0v) is 17.8. The van der Waals surface area contributed by atoms with Gasteiger partial charge >= 0.3 is 5.97 Å². The number of carbonyl (C=O) groups excluding carboxylic acids is 1. The van der Waals surface area contributed by atoms with Gasteiger partial charge in [0, 0.05) is 19.0 Å². The maximum atomic E-state index is 12.2. The largest absolute Gasteiger partial charge is 0.497 e. The lowest BCUT2D eigenvalue weighted by Gasteiger charge is -2.17. The van der Waals surface area contributed by atoms with Gasteiger partial charge in [-0.3, -0.25) is 0 Å². The van der Waals surface area contributed by atoms with Gasteiger partial charge in [-0.25, -0.2) is 9.78 Å². The van der Waals surface area contributed by atoms with Crippen LogP contribution in [0.2, 0.25) is 0 Å². The minimum atomic E-state index is -0.258. The highest BCUT2D eigenvalue weighted by Crippen LogP contribution is 2.32. The Balaban J connectivity index is 1.89. The number of methoxy groups -OCH3 is 1. The van der Waals surface area contributed by atoms with E-state index in [9.17, 15) is 4.79 Å². The molecule has 154 valence electrons. The molecule has 0 bridgehead atoms. The Morgan fingerprint density at radius 1 is 1.10 bits per heavy atom. The predicted octanol–water partition coefficient (Wildman–Crippen LogP) is 5.47.